The number of aryl methyl sites for hydroxylation is 1. The lowest BCUT2D eigenvalue weighted by Crippen LogP contribution is -2.20. The maximum atomic E-state index is 10.6. The van der Waals surface area contributed by atoms with Gasteiger partial charge in [-0.2, -0.15) is 5.26 Å². The van der Waals surface area contributed by atoms with E-state index < -0.39 is 0 Å². The number of hydrogen-bond acceptors (Lipinski definition) is 2. The van der Waals surface area contributed by atoms with Crippen LogP contribution in [-0.4, -0.2) is 12.5 Å². The Morgan fingerprint density at radius 2 is 2.24 bits per heavy atom. The van der Waals surface area contributed by atoms with Crippen LogP contribution in [-0.2, 0) is 4.79 Å². The summed E-state index contributed by atoms with van der Waals surface area (Å²) in [6.45, 7) is 3.93. The second-order valence-corrected chi connectivity index (χ2v) is 3.68. The average Bonchev–Trinajstić information content (AvgIpc) is 2.30. The zero-order valence-corrected chi connectivity index (χ0v) is 10.0. The van der Waals surface area contributed by atoms with E-state index in [4.69, 9.17) is 5.26 Å². The van der Waals surface area contributed by atoms with Crippen molar-refractivity contribution in [2.45, 2.75) is 20.3 Å². The van der Waals surface area contributed by atoms with Crippen LogP contribution in [0.15, 0.2) is 18.2 Å². The number of amides is 1. The average molecular weight is 226 g/mol. The molecule has 0 spiro atoms. The number of carbonyl (C=O) groups excluding carboxylic acids is 1. The number of nitriles is 1. The van der Waals surface area contributed by atoms with Gasteiger partial charge >= 0.3 is 0 Å². The van der Waals surface area contributed by atoms with Crippen molar-refractivity contribution in [3.05, 3.63) is 34.9 Å². The van der Waals surface area contributed by atoms with Crippen LogP contribution in [0.4, 0.5) is 0 Å². The van der Waals surface area contributed by atoms with Gasteiger partial charge < -0.3 is 5.32 Å². The van der Waals surface area contributed by atoms with Gasteiger partial charge in [-0.3, -0.25) is 4.79 Å². The van der Waals surface area contributed by atoms with E-state index in [1.165, 1.54) is 6.92 Å². The van der Waals surface area contributed by atoms with E-state index in [1.54, 1.807) is 6.07 Å². The second kappa shape index (κ2) is 6.35. The predicted molar refractivity (Wildman–Crippen MR) is 66.1 cm³/mol. The molecule has 0 bridgehead atoms. The van der Waals surface area contributed by atoms with Gasteiger partial charge in [-0.1, -0.05) is 17.9 Å². The molecule has 1 N–H and O–H groups in total. The largest absolute Gasteiger partial charge is 0.355 e. The van der Waals surface area contributed by atoms with Gasteiger partial charge in [-0.25, -0.2) is 0 Å². The van der Waals surface area contributed by atoms with Gasteiger partial charge in [0.25, 0.3) is 0 Å². The third kappa shape index (κ3) is 4.40. The van der Waals surface area contributed by atoms with Crippen molar-refractivity contribution in [2.75, 3.05) is 6.54 Å². The van der Waals surface area contributed by atoms with Crippen LogP contribution >= 0.6 is 0 Å². The molecule has 0 radical (unpaired) electrons. The topological polar surface area (TPSA) is 52.9 Å². The minimum atomic E-state index is -0.0473. The van der Waals surface area contributed by atoms with E-state index in [1.807, 2.05) is 19.1 Å². The van der Waals surface area contributed by atoms with Crippen LogP contribution in [0.1, 0.15) is 30.0 Å². The quantitative estimate of drug-likeness (QED) is 0.617. The molecule has 1 rings (SSSR count). The highest BCUT2D eigenvalue weighted by atomic mass is 16.1. The Labute approximate surface area is 101 Å². The summed E-state index contributed by atoms with van der Waals surface area (Å²) in [4.78, 5) is 10.6. The van der Waals surface area contributed by atoms with E-state index in [0.29, 0.717) is 18.5 Å². The van der Waals surface area contributed by atoms with Gasteiger partial charge in [-0.05, 0) is 24.6 Å². The molecule has 0 aliphatic carbocycles. The molecule has 0 aliphatic rings. The number of rotatable bonds is 2. The number of benzene rings is 1. The van der Waals surface area contributed by atoms with Crippen LogP contribution in [0.25, 0.3) is 0 Å². The first-order chi connectivity index (χ1) is 8.13. The van der Waals surface area contributed by atoms with Crippen LogP contribution < -0.4 is 5.32 Å². The SMILES string of the molecule is CC(=O)NCCC#Cc1ccc(C)c(C#N)c1. The highest BCUT2D eigenvalue weighted by Crippen LogP contribution is 2.08. The van der Waals surface area contributed by atoms with E-state index >= 15 is 0 Å². The maximum absolute atomic E-state index is 10.6. The van der Waals surface area contributed by atoms with Gasteiger partial charge in [0.15, 0.2) is 0 Å². The van der Waals surface area contributed by atoms with Crippen LogP contribution in [0, 0.1) is 30.1 Å². The molecular weight excluding hydrogens is 212 g/mol. The molecule has 3 nitrogen and oxygen atoms in total. The monoisotopic (exact) mass is 226 g/mol. The van der Waals surface area contributed by atoms with E-state index in [0.717, 1.165) is 11.1 Å². The zero-order chi connectivity index (χ0) is 12.7. The number of nitrogens with zero attached hydrogens (tertiary/aromatic N) is 1. The molecule has 0 heterocycles. The zero-order valence-electron chi connectivity index (χ0n) is 10.0. The molecule has 17 heavy (non-hydrogen) atoms. The number of carbonyl (C=O) groups is 1. The molecule has 1 aromatic rings. The van der Waals surface area contributed by atoms with Crippen molar-refractivity contribution in [2.24, 2.45) is 0 Å². The molecule has 1 aromatic carbocycles. The lowest BCUT2D eigenvalue weighted by atomic mass is 10.1. The van der Waals surface area contributed by atoms with Gasteiger partial charge in [0.1, 0.15) is 0 Å². The highest BCUT2D eigenvalue weighted by Gasteiger charge is 1.96. The number of nitrogens with one attached hydrogen (secondary N) is 1. The molecule has 0 saturated carbocycles. The summed E-state index contributed by atoms with van der Waals surface area (Å²) in [7, 11) is 0. The Hall–Kier alpha value is -2.26. The summed E-state index contributed by atoms with van der Waals surface area (Å²) >= 11 is 0. The fourth-order valence-corrected chi connectivity index (χ4v) is 1.29. The molecule has 86 valence electrons. The summed E-state index contributed by atoms with van der Waals surface area (Å²) in [6, 6.07) is 7.68. The number of hydrogen-bond donors (Lipinski definition) is 1. The minimum absolute atomic E-state index is 0.0473. The fraction of sp³-hybridized carbons (Fsp3) is 0.286. The molecule has 0 fully saturated rings. The van der Waals surface area contributed by atoms with Crippen LogP contribution in [0.2, 0.25) is 0 Å². The summed E-state index contributed by atoms with van der Waals surface area (Å²) in [6.07, 6.45) is 0.606. The third-order valence-electron chi connectivity index (χ3n) is 2.21. The van der Waals surface area contributed by atoms with E-state index in [9.17, 15) is 4.79 Å². The summed E-state index contributed by atoms with van der Waals surface area (Å²) in [5.41, 5.74) is 2.44. The third-order valence-corrected chi connectivity index (χ3v) is 2.21. The molecule has 0 unspecified atom stereocenters. The Bertz CT molecular complexity index is 515. The van der Waals surface area contributed by atoms with Gasteiger partial charge in [0, 0.05) is 25.5 Å². The van der Waals surface area contributed by atoms with Crippen molar-refractivity contribution in [3.63, 3.8) is 0 Å². The van der Waals surface area contributed by atoms with Crippen LogP contribution in [0.5, 0.6) is 0 Å². The molecule has 3 heteroatoms. The highest BCUT2D eigenvalue weighted by molar-refractivity contribution is 5.72. The lowest BCUT2D eigenvalue weighted by molar-refractivity contribution is -0.118. The van der Waals surface area contributed by atoms with Crippen LogP contribution in [0.3, 0.4) is 0 Å². The molecule has 0 saturated heterocycles. The van der Waals surface area contributed by atoms with E-state index in [-0.39, 0.29) is 5.91 Å². The summed E-state index contributed by atoms with van der Waals surface area (Å²) in [5, 5.41) is 11.5. The second-order valence-electron chi connectivity index (χ2n) is 3.68. The van der Waals surface area contributed by atoms with Gasteiger partial charge in [-0.15, -0.1) is 0 Å². The van der Waals surface area contributed by atoms with Gasteiger partial charge in [0.2, 0.25) is 5.91 Å². The normalized spacial score (nSPS) is 8.76. The summed E-state index contributed by atoms with van der Waals surface area (Å²) < 4.78 is 0. The minimum Gasteiger partial charge on any atom is -0.355 e. The smallest absolute Gasteiger partial charge is 0.216 e. The molecule has 0 atom stereocenters. The molecule has 0 aliphatic heterocycles. The summed E-state index contributed by atoms with van der Waals surface area (Å²) in [5.74, 6) is 5.87. The van der Waals surface area contributed by atoms with Crippen molar-refractivity contribution in [1.82, 2.24) is 5.32 Å². The van der Waals surface area contributed by atoms with Crippen molar-refractivity contribution >= 4 is 5.91 Å². The van der Waals surface area contributed by atoms with Crippen molar-refractivity contribution < 1.29 is 4.79 Å². The Morgan fingerprint density at radius 3 is 2.88 bits per heavy atom. The lowest BCUT2D eigenvalue weighted by Gasteiger charge is -1.97. The van der Waals surface area contributed by atoms with Gasteiger partial charge in [0.05, 0.1) is 11.6 Å². The first-order valence-electron chi connectivity index (χ1n) is 5.37. The standard InChI is InChI=1S/C14H14N2O/c1-11-6-7-13(9-14(11)10-15)5-3-4-8-16-12(2)17/h6-7,9H,4,8H2,1-2H3,(H,16,17). The van der Waals surface area contributed by atoms with Crippen molar-refractivity contribution in [1.29, 1.82) is 5.26 Å². The van der Waals surface area contributed by atoms with Crippen molar-refractivity contribution in [3.8, 4) is 17.9 Å². The predicted octanol–water partition coefficient (Wildman–Crippen LogP) is 1.74. The fourth-order valence-electron chi connectivity index (χ4n) is 1.29. The Balaban J connectivity index is 2.61. The van der Waals surface area contributed by atoms with E-state index in [2.05, 4.69) is 23.2 Å². The Morgan fingerprint density at radius 1 is 1.47 bits per heavy atom. The molecular formula is C14H14N2O. The molecule has 1 amide bonds. The Kier molecular flexibility index (Phi) is 4.78. The maximum Gasteiger partial charge on any atom is 0.216 e. The first-order valence-corrected chi connectivity index (χ1v) is 5.37. The first kappa shape index (κ1) is 12.8. The molecule has 0 aromatic heterocycles.